The number of hydrogen-bond acceptors (Lipinski definition) is 9. The smallest absolute Gasteiger partial charge is 0.246 e. The maximum absolute atomic E-state index is 13.4. The molecule has 12 heteroatoms. The number of fused-ring (bicyclic) bond motifs is 1. The highest BCUT2D eigenvalue weighted by Crippen LogP contribution is 2.29. The van der Waals surface area contributed by atoms with Crippen LogP contribution in [0.3, 0.4) is 0 Å². The number of benzene rings is 2. The Kier molecular flexibility index (Phi) is 9.67. The maximum atomic E-state index is 13.4. The molecule has 0 bridgehead atoms. The van der Waals surface area contributed by atoms with Gasteiger partial charge in [-0.1, -0.05) is 19.1 Å². The van der Waals surface area contributed by atoms with Crippen LogP contribution in [0.5, 0.6) is 11.5 Å². The van der Waals surface area contributed by atoms with Gasteiger partial charge in [0.1, 0.15) is 30.5 Å². The van der Waals surface area contributed by atoms with Gasteiger partial charge in [-0.05, 0) is 60.3 Å². The predicted octanol–water partition coefficient (Wildman–Crippen LogP) is 1.60. The average Bonchev–Trinajstić information content (AvgIpc) is 3.45. The molecule has 2 heterocycles. The third-order valence-corrected chi connectivity index (χ3v) is 7.00. The third-order valence-electron chi connectivity index (χ3n) is 7.00. The summed E-state index contributed by atoms with van der Waals surface area (Å²) in [6.45, 7) is 5.51. The lowest BCUT2D eigenvalue weighted by Crippen LogP contribution is -2.47. The van der Waals surface area contributed by atoms with E-state index in [0.29, 0.717) is 36.6 Å². The number of aliphatic hydroxyl groups is 1. The maximum Gasteiger partial charge on any atom is 0.246 e. The van der Waals surface area contributed by atoms with Crippen molar-refractivity contribution in [2.75, 3.05) is 39.2 Å². The van der Waals surface area contributed by atoms with E-state index < -0.39 is 0 Å². The zero-order valence-corrected chi connectivity index (χ0v) is 23.4. The van der Waals surface area contributed by atoms with E-state index in [1.165, 1.54) is 11.0 Å². The van der Waals surface area contributed by atoms with Crippen molar-refractivity contribution in [2.45, 2.75) is 45.5 Å². The number of hydrogen-bond donors (Lipinski definition) is 2. The normalized spacial score (nSPS) is 18.2. The van der Waals surface area contributed by atoms with Gasteiger partial charge < -0.3 is 24.8 Å². The van der Waals surface area contributed by atoms with Crippen molar-refractivity contribution in [3.8, 4) is 11.5 Å². The number of aromatic nitrogens is 4. The number of tetrazole rings is 1. The second kappa shape index (κ2) is 13.4. The first-order valence-corrected chi connectivity index (χ1v) is 13.3. The first-order chi connectivity index (χ1) is 19.2. The molecule has 3 atom stereocenters. The summed E-state index contributed by atoms with van der Waals surface area (Å²) in [5, 5.41) is 23.5. The molecule has 0 fully saturated rings. The fourth-order valence-corrected chi connectivity index (χ4v) is 4.74. The zero-order chi connectivity index (χ0) is 28.6. The molecule has 0 radical (unpaired) electrons. The number of aliphatic hydroxyl groups excluding tert-OH is 1. The molecule has 2 aromatic carbocycles. The first kappa shape index (κ1) is 29.0. The minimum Gasteiger partial charge on any atom is -0.497 e. The van der Waals surface area contributed by atoms with Crippen molar-refractivity contribution in [2.24, 2.45) is 5.92 Å². The molecule has 0 spiro atoms. The van der Waals surface area contributed by atoms with Crippen molar-refractivity contribution in [3.05, 3.63) is 59.9 Å². The molecule has 1 aliphatic heterocycles. The minimum absolute atomic E-state index is 0.0158. The van der Waals surface area contributed by atoms with E-state index in [4.69, 9.17) is 9.47 Å². The molecule has 1 aliphatic rings. The van der Waals surface area contributed by atoms with E-state index in [2.05, 4.69) is 32.7 Å². The number of anilines is 1. The predicted molar refractivity (Wildman–Crippen MR) is 148 cm³/mol. The van der Waals surface area contributed by atoms with Crippen LogP contribution in [-0.2, 0) is 29.1 Å². The summed E-state index contributed by atoms with van der Waals surface area (Å²) in [5.74, 6) is 0.982. The fourth-order valence-electron chi connectivity index (χ4n) is 4.74. The largest absolute Gasteiger partial charge is 0.497 e. The van der Waals surface area contributed by atoms with E-state index in [1.54, 1.807) is 30.2 Å². The lowest BCUT2D eigenvalue weighted by Gasteiger charge is -2.34. The molecule has 2 N–H and O–H groups in total. The topological polar surface area (TPSA) is 135 Å². The van der Waals surface area contributed by atoms with Gasteiger partial charge in [0.25, 0.3) is 0 Å². The van der Waals surface area contributed by atoms with Crippen molar-refractivity contribution in [3.63, 3.8) is 0 Å². The van der Waals surface area contributed by atoms with Crippen LogP contribution < -0.4 is 14.8 Å². The number of carbonyl (C=O) groups excluding carboxylic acids is 2. The highest BCUT2D eigenvalue weighted by molar-refractivity contribution is 5.91. The third kappa shape index (κ3) is 7.54. The molecular formula is C28H37N7O5. The number of methoxy groups -OCH3 is 1. The van der Waals surface area contributed by atoms with Crippen LogP contribution in [-0.4, -0.2) is 92.9 Å². The first-order valence-electron chi connectivity index (χ1n) is 13.3. The van der Waals surface area contributed by atoms with Gasteiger partial charge in [-0.2, -0.15) is 0 Å². The molecule has 0 aliphatic carbocycles. The lowest BCUT2D eigenvalue weighted by atomic mass is 10.0. The SMILES string of the molecule is COc1ccc(CN(C)C[C@@H]2Oc3ccc(NC(=O)Cn4cnnn4)cc3CC(=O)N([C@H](C)CO)C[C@@H]2C)cc1. The number of carbonyl (C=O) groups is 2. The van der Waals surface area contributed by atoms with Gasteiger partial charge in [-0.15, -0.1) is 5.10 Å². The van der Waals surface area contributed by atoms with E-state index >= 15 is 0 Å². The molecule has 214 valence electrons. The summed E-state index contributed by atoms with van der Waals surface area (Å²) in [5.41, 5.74) is 2.35. The van der Waals surface area contributed by atoms with E-state index in [1.807, 2.05) is 38.2 Å². The Hall–Kier alpha value is -4.03. The summed E-state index contributed by atoms with van der Waals surface area (Å²) < 4.78 is 13.2. The lowest BCUT2D eigenvalue weighted by molar-refractivity contribution is -0.134. The van der Waals surface area contributed by atoms with Crippen LogP contribution in [0.2, 0.25) is 0 Å². The molecule has 2 amide bonds. The number of ether oxygens (including phenoxy) is 2. The van der Waals surface area contributed by atoms with Crippen molar-refractivity contribution in [1.82, 2.24) is 30.0 Å². The van der Waals surface area contributed by atoms with Crippen molar-refractivity contribution < 1.29 is 24.2 Å². The van der Waals surface area contributed by atoms with Crippen molar-refractivity contribution in [1.29, 1.82) is 0 Å². The molecule has 4 rings (SSSR count). The Balaban J connectivity index is 1.55. The van der Waals surface area contributed by atoms with Crippen molar-refractivity contribution >= 4 is 17.5 Å². The monoisotopic (exact) mass is 551 g/mol. The molecule has 1 aromatic heterocycles. The Morgan fingerprint density at radius 3 is 2.73 bits per heavy atom. The van der Waals surface area contributed by atoms with Gasteiger partial charge in [-0.3, -0.25) is 14.5 Å². The van der Waals surface area contributed by atoms with E-state index in [-0.39, 0.29) is 49.5 Å². The average molecular weight is 552 g/mol. The standard InChI is InChI=1S/C28H37N7O5/c1-19-13-35(20(2)17-36)28(38)12-22-11-23(30-27(37)16-34-18-29-31-32-34)7-10-25(22)40-26(19)15-33(3)14-21-5-8-24(39-4)9-6-21/h5-11,18-20,26,36H,12-17H2,1-4H3,(H,30,37)/t19-,20+,26-/m0/s1. The number of likely N-dealkylation sites (N-methyl/N-ethyl adjacent to an activating group) is 1. The molecule has 0 saturated carbocycles. The van der Waals surface area contributed by atoms with Crippen LogP contribution in [0.15, 0.2) is 48.8 Å². The molecule has 0 saturated heterocycles. The van der Waals surface area contributed by atoms with Gasteiger partial charge in [0.15, 0.2) is 0 Å². The molecule has 12 nitrogen and oxygen atoms in total. The highest BCUT2D eigenvalue weighted by atomic mass is 16.5. The summed E-state index contributed by atoms with van der Waals surface area (Å²) in [6.07, 6.45) is 1.21. The second-order valence-electron chi connectivity index (χ2n) is 10.3. The van der Waals surface area contributed by atoms with Gasteiger partial charge >= 0.3 is 0 Å². The summed E-state index contributed by atoms with van der Waals surface area (Å²) in [6, 6.07) is 12.9. The van der Waals surface area contributed by atoms with Crippen LogP contribution in [0.1, 0.15) is 25.0 Å². The molecule has 0 unspecified atom stereocenters. The second-order valence-corrected chi connectivity index (χ2v) is 10.3. The Morgan fingerprint density at radius 2 is 2.05 bits per heavy atom. The summed E-state index contributed by atoms with van der Waals surface area (Å²) in [7, 11) is 3.69. The van der Waals surface area contributed by atoms with Gasteiger partial charge in [0.05, 0.1) is 26.2 Å². The van der Waals surface area contributed by atoms with E-state index in [0.717, 1.165) is 11.3 Å². The Labute approximate surface area is 233 Å². The quantitative estimate of drug-likeness (QED) is 0.385. The Bertz CT molecular complexity index is 1270. The molecule has 40 heavy (non-hydrogen) atoms. The van der Waals surface area contributed by atoms with Crippen LogP contribution >= 0.6 is 0 Å². The van der Waals surface area contributed by atoms with E-state index in [9.17, 15) is 14.7 Å². The summed E-state index contributed by atoms with van der Waals surface area (Å²) in [4.78, 5) is 29.8. The van der Waals surface area contributed by atoms with Crippen LogP contribution in [0.4, 0.5) is 5.69 Å². The summed E-state index contributed by atoms with van der Waals surface area (Å²) >= 11 is 0. The Morgan fingerprint density at radius 1 is 1.27 bits per heavy atom. The van der Waals surface area contributed by atoms with Gasteiger partial charge in [0, 0.05) is 36.8 Å². The number of rotatable bonds is 10. The van der Waals surface area contributed by atoms with Gasteiger partial charge in [-0.25, -0.2) is 4.68 Å². The van der Waals surface area contributed by atoms with Crippen LogP contribution in [0.25, 0.3) is 0 Å². The molecule has 3 aromatic rings. The van der Waals surface area contributed by atoms with Crippen LogP contribution in [0, 0.1) is 5.92 Å². The fraction of sp³-hybridized carbons (Fsp3) is 0.464. The highest BCUT2D eigenvalue weighted by Gasteiger charge is 2.31. The number of nitrogens with zero attached hydrogens (tertiary/aromatic N) is 6. The number of nitrogens with one attached hydrogen (secondary N) is 1. The number of amides is 2. The van der Waals surface area contributed by atoms with Gasteiger partial charge in [0.2, 0.25) is 11.8 Å². The zero-order valence-electron chi connectivity index (χ0n) is 23.4. The molecular weight excluding hydrogens is 514 g/mol. The minimum atomic E-state index is -0.339.